The first kappa shape index (κ1) is 31.3. The molecule has 2 aromatic carbocycles. The highest BCUT2D eigenvalue weighted by molar-refractivity contribution is 5.70. The first-order chi connectivity index (χ1) is 18.8. The van der Waals surface area contributed by atoms with Gasteiger partial charge in [-0.15, -0.1) is 0 Å². The van der Waals surface area contributed by atoms with Crippen LogP contribution in [-0.4, -0.2) is 92.5 Å². The van der Waals surface area contributed by atoms with Gasteiger partial charge in [0.2, 0.25) is 0 Å². The fourth-order valence-electron chi connectivity index (χ4n) is 5.04. The number of cyclic esters (lactones) is 1. The Morgan fingerprint density at radius 2 is 1.50 bits per heavy atom. The maximum atomic E-state index is 12.4. The number of benzene rings is 2. The molecule has 0 aromatic heterocycles. The van der Waals surface area contributed by atoms with Crippen LogP contribution in [0.25, 0.3) is 0 Å². The molecule has 3 rings (SSSR count). The number of hydrogen-bond acceptors (Lipinski definition) is 7. The molecule has 4 atom stereocenters. The van der Waals surface area contributed by atoms with Crippen molar-refractivity contribution in [1.82, 2.24) is 20.7 Å². The van der Waals surface area contributed by atoms with E-state index in [0.29, 0.717) is 19.4 Å². The van der Waals surface area contributed by atoms with Gasteiger partial charge in [0.25, 0.3) is 0 Å². The van der Waals surface area contributed by atoms with Crippen molar-refractivity contribution < 1.29 is 29.6 Å². The number of carbonyl (C=O) groups excluding carboxylic acids is 1. The molecule has 0 spiro atoms. The molecule has 1 heterocycles. The van der Waals surface area contributed by atoms with Crippen molar-refractivity contribution in [1.29, 1.82) is 0 Å². The number of hydrogen-bond donors (Lipinski definition) is 5. The summed E-state index contributed by atoms with van der Waals surface area (Å²) in [5, 5.41) is 36.9. The molecule has 0 saturated carbocycles. The summed E-state index contributed by atoms with van der Waals surface area (Å²) in [6, 6.07) is 17.9. The molecular weight excluding hydrogens is 512 g/mol. The number of hydrazine groups is 1. The number of carboxylic acid groups (broad SMARTS) is 1. The maximum absolute atomic E-state index is 12.4. The maximum Gasteiger partial charge on any atom is 0.425 e. The van der Waals surface area contributed by atoms with Gasteiger partial charge in [0.1, 0.15) is 5.60 Å². The van der Waals surface area contributed by atoms with Crippen LogP contribution in [-0.2, 0) is 17.6 Å². The number of aliphatic hydroxyl groups is 2. The molecule has 0 aliphatic carbocycles. The number of carbonyl (C=O) groups is 2. The normalized spacial score (nSPS) is 18.1. The highest BCUT2D eigenvalue weighted by Gasteiger charge is 2.40. The van der Waals surface area contributed by atoms with Crippen LogP contribution in [0.15, 0.2) is 60.7 Å². The largest absolute Gasteiger partial charge is 0.465 e. The Kier molecular flexibility index (Phi) is 10.5. The van der Waals surface area contributed by atoms with Crippen LogP contribution in [0.2, 0.25) is 0 Å². The smallest absolute Gasteiger partial charge is 0.425 e. The zero-order valence-corrected chi connectivity index (χ0v) is 24.1. The molecule has 40 heavy (non-hydrogen) atoms. The van der Waals surface area contributed by atoms with Gasteiger partial charge in [-0.3, -0.25) is 4.90 Å². The van der Waals surface area contributed by atoms with Gasteiger partial charge < -0.3 is 25.4 Å². The zero-order valence-electron chi connectivity index (χ0n) is 24.1. The van der Waals surface area contributed by atoms with E-state index in [1.807, 2.05) is 74.5 Å². The third-order valence-corrected chi connectivity index (χ3v) is 6.91. The lowest BCUT2D eigenvalue weighted by Crippen LogP contribution is -2.58. The Morgan fingerprint density at radius 1 is 0.975 bits per heavy atom. The van der Waals surface area contributed by atoms with Crippen molar-refractivity contribution in [3.8, 4) is 0 Å². The Hall–Kier alpha value is -3.18. The minimum absolute atomic E-state index is 0.0608. The summed E-state index contributed by atoms with van der Waals surface area (Å²) in [6.45, 7) is 9.54. The summed E-state index contributed by atoms with van der Waals surface area (Å²) in [5.74, 6) is 0. The summed E-state index contributed by atoms with van der Waals surface area (Å²) in [5.41, 5.74) is 3.64. The zero-order chi connectivity index (χ0) is 29.5. The number of aliphatic hydroxyl groups excluding tert-OH is 2. The predicted molar refractivity (Wildman–Crippen MR) is 153 cm³/mol. The van der Waals surface area contributed by atoms with E-state index in [2.05, 4.69) is 10.7 Å². The van der Waals surface area contributed by atoms with E-state index in [-0.39, 0.29) is 13.1 Å². The van der Waals surface area contributed by atoms with E-state index < -0.39 is 47.6 Å². The fourth-order valence-corrected chi connectivity index (χ4v) is 5.04. The molecule has 10 nitrogen and oxygen atoms in total. The lowest BCUT2D eigenvalue weighted by molar-refractivity contribution is 0.00579. The second-order valence-electron chi connectivity index (χ2n) is 12.0. The summed E-state index contributed by atoms with van der Waals surface area (Å²) < 4.78 is 5.39. The van der Waals surface area contributed by atoms with Crippen molar-refractivity contribution in [3.05, 3.63) is 71.8 Å². The van der Waals surface area contributed by atoms with E-state index in [1.54, 1.807) is 20.8 Å². The first-order valence-electron chi connectivity index (χ1n) is 13.7. The third-order valence-electron chi connectivity index (χ3n) is 6.91. The molecule has 5 N–H and O–H groups in total. The highest BCUT2D eigenvalue weighted by Crippen LogP contribution is 2.23. The predicted octanol–water partition coefficient (Wildman–Crippen LogP) is 3.03. The van der Waals surface area contributed by atoms with Crippen LogP contribution in [0.3, 0.4) is 0 Å². The highest BCUT2D eigenvalue weighted by atomic mass is 16.6. The number of amides is 2. The Bertz CT molecular complexity index is 1090. The van der Waals surface area contributed by atoms with Crippen LogP contribution < -0.4 is 10.7 Å². The SMILES string of the molecule is CC1(C)CN(N[C@@H](Cc2ccccc2)[C@H](O)CNC[C@@H](O)[C@H](Cc2ccccc2)N(C(=O)O)C(C)(C)C)C(=O)O1. The van der Waals surface area contributed by atoms with Crippen molar-refractivity contribution in [2.24, 2.45) is 0 Å². The van der Waals surface area contributed by atoms with E-state index in [0.717, 1.165) is 11.1 Å². The lowest BCUT2D eigenvalue weighted by Gasteiger charge is -2.42. The molecule has 220 valence electrons. The molecule has 2 aromatic rings. The van der Waals surface area contributed by atoms with Crippen molar-refractivity contribution in [2.45, 2.75) is 82.9 Å². The first-order valence-corrected chi connectivity index (χ1v) is 13.7. The molecule has 10 heteroatoms. The fraction of sp³-hybridized carbons (Fsp3) is 0.533. The minimum Gasteiger partial charge on any atom is -0.465 e. The molecule has 0 radical (unpaired) electrons. The minimum atomic E-state index is -1.11. The molecule has 1 fully saturated rings. The average molecular weight is 557 g/mol. The van der Waals surface area contributed by atoms with E-state index in [4.69, 9.17) is 4.74 Å². The summed E-state index contributed by atoms with van der Waals surface area (Å²) in [6.07, 6.45) is -2.81. The van der Waals surface area contributed by atoms with Crippen molar-refractivity contribution >= 4 is 12.2 Å². The van der Waals surface area contributed by atoms with Crippen LogP contribution >= 0.6 is 0 Å². The van der Waals surface area contributed by atoms with Gasteiger partial charge in [-0.25, -0.2) is 20.0 Å². The van der Waals surface area contributed by atoms with Crippen LogP contribution in [0.1, 0.15) is 45.7 Å². The third kappa shape index (κ3) is 8.92. The van der Waals surface area contributed by atoms with Gasteiger partial charge in [-0.2, -0.15) is 0 Å². The second kappa shape index (κ2) is 13.5. The monoisotopic (exact) mass is 556 g/mol. The van der Waals surface area contributed by atoms with E-state index >= 15 is 0 Å². The van der Waals surface area contributed by atoms with Crippen LogP contribution in [0, 0.1) is 0 Å². The molecule has 2 amide bonds. The van der Waals surface area contributed by atoms with E-state index in [9.17, 15) is 24.9 Å². The van der Waals surface area contributed by atoms with Gasteiger partial charge in [0.15, 0.2) is 0 Å². The van der Waals surface area contributed by atoms with Crippen LogP contribution in [0.5, 0.6) is 0 Å². The molecular formula is C30H44N4O6. The van der Waals surface area contributed by atoms with E-state index in [1.165, 1.54) is 9.91 Å². The summed E-state index contributed by atoms with van der Waals surface area (Å²) in [7, 11) is 0. The Balaban J connectivity index is 1.70. The van der Waals surface area contributed by atoms with Crippen LogP contribution in [0.4, 0.5) is 9.59 Å². The molecule has 1 saturated heterocycles. The van der Waals surface area contributed by atoms with Gasteiger partial charge in [-0.1, -0.05) is 60.7 Å². The van der Waals surface area contributed by atoms with Gasteiger partial charge in [0.05, 0.1) is 30.8 Å². The Labute approximate surface area is 236 Å². The molecule has 0 unspecified atom stereocenters. The van der Waals surface area contributed by atoms with Gasteiger partial charge in [0, 0.05) is 18.6 Å². The molecule has 1 aliphatic rings. The number of nitrogens with one attached hydrogen (secondary N) is 2. The number of nitrogens with zero attached hydrogens (tertiary/aromatic N) is 2. The topological polar surface area (TPSA) is 135 Å². The molecule has 0 bridgehead atoms. The standard InChI is InChI=1S/C30H44N4O6/c1-29(2,3)34(27(37)38)24(17-22-14-10-7-11-15-22)26(36)19-31-18-25(35)23(16-21-12-8-6-9-13-21)32-33-20-30(4,5)40-28(33)39/h6-15,23-26,31-32,35-36H,16-20H2,1-5H3,(H,37,38)/t23-,24-,25+,26+/m0/s1. The average Bonchev–Trinajstić information content (AvgIpc) is 3.13. The van der Waals surface area contributed by atoms with Crippen molar-refractivity contribution in [3.63, 3.8) is 0 Å². The quantitative estimate of drug-likeness (QED) is 0.254. The summed E-state index contributed by atoms with van der Waals surface area (Å²) >= 11 is 0. The number of rotatable bonds is 13. The van der Waals surface area contributed by atoms with Gasteiger partial charge >= 0.3 is 12.2 Å². The summed E-state index contributed by atoms with van der Waals surface area (Å²) in [4.78, 5) is 25.9. The molecule has 1 aliphatic heterocycles. The Morgan fingerprint density at radius 3 is 1.98 bits per heavy atom. The number of ether oxygens (including phenoxy) is 1. The second-order valence-corrected chi connectivity index (χ2v) is 12.0. The van der Waals surface area contributed by atoms with Crippen molar-refractivity contribution in [2.75, 3.05) is 19.6 Å². The lowest BCUT2D eigenvalue weighted by atomic mass is 9.94. The van der Waals surface area contributed by atoms with Gasteiger partial charge in [-0.05, 0) is 58.6 Å².